The van der Waals surface area contributed by atoms with Crippen LogP contribution < -0.4 is 5.32 Å². The lowest BCUT2D eigenvalue weighted by Crippen LogP contribution is -2.22. The second-order valence-corrected chi connectivity index (χ2v) is 5.60. The fourth-order valence-corrected chi connectivity index (χ4v) is 2.26. The Balaban J connectivity index is 2.01. The van der Waals surface area contributed by atoms with Gasteiger partial charge in [0.15, 0.2) is 0 Å². The molecule has 2 rings (SSSR count). The van der Waals surface area contributed by atoms with Gasteiger partial charge in [0, 0.05) is 5.92 Å². The number of anilines is 1. The van der Waals surface area contributed by atoms with E-state index < -0.39 is 11.7 Å². The first-order valence-electron chi connectivity index (χ1n) is 7.17. The highest BCUT2D eigenvalue weighted by atomic mass is 19.4. The molecule has 1 heterocycles. The highest BCUT2D eigenvalue weighted by Gasteiger charge is 2.30. The van der Waals surface area contributed by atoms with Gasteiger partial charge in [-0.2, -0.15) is 18.3 Å². The predicted molar refractivity (Wildman–Crippen MR) is 81.0 cm³/mol. The molecule has 1 amide bonds. The Morgan fingerprint density at radius 1 is 1.26 bits per heavy atom. The molecule has 0 aliphatic rings. The van der Waals surface area contributed by atoms with E-state index in [0.717, 1.165) is 17.8 Å². The number of alkyl halides is 3. The molecule has 0 fully saturated rings. The third-order valence-corrected chi connectivity index (χ3v) is 3.65. The average Bonchev–Trinajstić information content (AvgIpc) is 2.78. The minimum atomic E-state index is -4.35. The molecule has 0 spiro atoms. The number of nitrogens with zero attached hydrogens (tertiary/aromatic N) is 1. The highest BCUT2D eigenvalue weighted by Crippen LogP contribution is 2.29. The number of aryl methyl sites for hydroxylation is 2. The minimum Gasteiger partial charge on any atom is -0.323 e. The van der Waals surface area contributed by atoms with Crippen molar-refractivity contribution in [3.8, 4) is 0 Å². The average molecular weight is 325 g/mol. The maximum absolute atomic E-state index is 12.5. The van der Waals surface area contributed by atoms with E-state index in [1.165, 1.54) is 12.1 Å². The molecule has 2 N–H and O–H groups in total. The van der Waals surface area contributed by atoms with Gasteiger partial charge < -0.3 is 5.32 Å². The summed E-state index contributed by atoms with van der Waals surface area (Å²) in [6.45, 7) is 5.31. The maximum atomic E-state index is 12.5. The van der Waals surface area contributed by atoms with E-state index >= 15 is 0 Å². The van der Waals surface area contributed by atoms with Gasteiger partial charge in [-0.05, 0) is 38.0 Å². The summed E-state index contributed by atoms with van der Waals surface area (Å²) in [6, 6.07) is 4.87. The van der Waals surface area contributed by atoms with E-state index in [1.807, 2.05) is 0 Å². The second-order valence-electron chi connectivity index (χ2n) is 5.60. The summed E-state index contributed by atoms with van der Waals surface area (Å²) in [6.07, 6.45) is -3.99. The van der Waals surface area contributed by atoms with Crippen molar-refractivity contribution in [2.45, 2.75) is 33.4 Å². The van der Waals surface area contributed by atoms with E-state index in [9.17, 15) is 18.0 Å². The van der Waals surface area contributed by atoms with Crippen molar-refractivity contribution < 1.29 is 18.0 Å². The van der Waals surface area contributed by atoms with Crippen LogP contribution >= 0.6 is 0 Å². The molecule has 0 saturated carbocycles. The summed E-state index contributed by atoms with van der Waals surface area (Å²) >= 11 is 0. The molecule has 1 aromatic heterocycles. The number of carbonyl (C=O) groups is 1. The summed E-state index contributed by atoms with van der Waals surface area (Å²) in [5.74, 6) is -0.571. The summed E-state index contributed by atoms with van der Waals surface area (Å²) in [5, 5.41) is 9.58. The van der Waals surface area contributed by atoms with Gasteiger partial charge in [0.1, 0.15) is 0 Å². The van der Waals surface area contributed by atoms with Gasteiger partial charge in [0.05, 0.1) is 22.6 Å². The minimum absolute atomic E-state index is 0.197. The molecule has 0 aliphatic carbocycles. The van der Waals surface area contributed by atoms with Crippen molar-refractivity contribution in [3.05, 3.63) is 46.8 Å². The number of rotatable bonds is 4. The zero-order valence-corrected chi connectivity index (χ0v) is 13.1. The third-order valence-electron chi connectivity index (χ3n) is 3.65. The van der Waals surface area contributed by atoms with Crippen LogP contribution in [0.25, 0.3) is 0 Å². The molecular formula is C16H18F3N3O. The quantitative estimate of drug-likeness (QED) is 0.897. The van der Waals surface area contributed by atoms with Crippen LogP contribution in [0.2, 0.25) is 0 Å². The fraction of sp³-hybridized carbons (Fsp3) is 0.375. The van der Waals surface area contributed by atoms with Crippen LogP contribution in [0.15, 0.2) is 24.3 Å². The molecule has 7 heteroatoms. The first-order valence-corrected chi connectivity index (χ1v) is 7.17. The molecule has 1 unspecified atom stereocenters. The van der Waals surface area contributed by atoms with Crippen LogP contribution in [-0.4, -0.2) is 16.1 Å². The normalized spacial score (nSPS) is 13.0. The van der Waals surface area contributed by atoms with Crippen molar-refractivity contribution >= 4 is 11.6 Å². The molecule has 2 aromatic rings. The first kappa shape index (κ1) is 17.1. The Morgan fingerprint density at radius 3 is 2.35 bits per heavy atom. The number of carbonyl (C=O) groups excluding carboxylic acids is 1. The predicted octanol–water partition coefficient (Wildman–Crippen LogP) is 3.86. The van der Waals surface area contributed by atoms with Crippen molar-refractivity contribution in [2.24, 2.45) is 5.92 Å². The number of amides is 1. The van der Waals surface area contributed by atoms with Gasteiger partial charge >= 0.3 is 6.18 Å². The molecular weight excluding hydrogens is 307 g/mol. The van der Waals surface area contributed by atoms with Crippen LogP contribution in [0, 0.1) is 19.8 Å². The topological polar surface area (TPSA) is 57.8 Å². The number of nitrogens with one attached hydrogen (secondary N) is 2. The highest BCUT2D eigenvalue weighted by molar-refractivity contribution is 5.93. The largest absolute Gasteiger partial charge is 0.416 e. The molecule has 124 valence electrons. The Morgan fingerprint density at radius 2 is 1.87 bits per heavy atom. The van der Waals surface area contributed by atoms with E-state index in [4.69, 9.17) is 0 Å². The van der Waals surface area contributed by atoms with Gasteiger partial charge in [0.25, 0.3) is 0 Å². The number of aromatic amines is 1. The van der Waals surface area contributed by atoms with Gasteiger partial charge in [0.2, 0.25) is 5.91 Å². The summed E-state index contributed by atoms with van der Waals surface area (Å²) < 4.78 is 37.6. The van der Waals surface area contributed by atoms with Gasteiger partial charge in [-0.1, -0.05) is 19.1 Å². The van der Waals surface area contributed by atoms with Crippen molar-refractivity contribution in [1.82, 2.24) is 10.2 Å². The summed E-state index contributed by atoms with van der Waals surface area (Å²) in [5.41, 5.74) is 2.09. The Kier molecular flexibility index (Phi) is 4.77. The van der Waals surface area contributed by atoms with Crippen LogP contribution in [0.3, 0.4) is 0 Å². The Labute approximate surface area is 132 Å². The number of benzene rings is 1. The van der Waals surface area contributed by atoms with E-state index in [0.29, 0.717) is 23.4 Å². The molecule has 0 saturated heterocycles. The van der Waals surface area contributed by atoms with Gasteiger partial charge in [-0.25, -0.2) is 0 Å². The molecule has 1 aromatic carbocycles. The standard InChI is InChI=1S/C16H18F3N3O/c1-9(15(23)20-14-10(2)21-22-11(14)3)8-12-4-6-13(7-5-12)16(17,18)19/h4-7,9H,8H2,1-3H3,(H,20,23)(H,21,22). The zero-order chi connectivity index (χ0) is 17.2. The third kappa shape index (κ3) is 4.12. The lowest BCUT2D eigenvalue weighted by molar-refractivity contribution is -0.137. The molecule has 4 nitrogen and oxygen atoms in total. The first-order chi connectivity index (χ1) is 10.7. The fourth-order valence-electron chi connectivity index (χ4n) is 2.26. The monoisotopic (exact) mass is 325 g/mol. The molecule has 0 radical (unpaired) electrons. The number of hydrogen-bond acceptors (Lipinski definition) is 2. The zero-order valence-electron chi connectivity index (χ0n) is 13.1. The SMILES string of the molecule is Cc1n[nH]c(C)c1NC(=O)C(C)Cc1ccc(C(F)(F)F)cc1. The van der Waals surface area contributed by atoms with Crippen LogP contribution in [0.5, 0.6) is 0 Å². The lowest BCUT2D eigenvalue weighted by atomic mass is 9.99. The number of aromatic nitrogens is 2. The summed E-state index contributed by atoms with van der Waals surface area (Å²) in [4.78, 5) is 12.2. The van der Waals surface area contributed by atoms with E-state index in [-0.39, 0.29) is 11.8 Å². The van der Waals surface area contributed by atoms with Gasteiger partial charge in [-0.3, -0.25) is 9.89 Å². The smallest absolute Gasteiger partial charge is 0.323 e. The van der Waals surface area contributed by atoms with Crippen LogP contribution in [0.4, 0.5) is 18.9 Å². The maximum Gasteiger partial charge on any atom is 0.416 e. The number of hydrogen-bond donors (Lipinski definition) is 2. The Hall–Kier alpha value is -2.31. The van der Waals surface area contributed by atoms with Crippen molar-refractivity contribution in [1.29, 1.82) is 0 Å². The number of H-pyrrole nitrogens is 1. The molecule has 23 heavy (non-hydrogen) atoms. The summed E-state index contributed by atoms with van der Waals surface area (Å²) in [7, 11) is 0. The van der Waals surface area contributed by atoms with Crippen molar-refractivity contribution in [2.75, 3.05) is 5.32 Å². The van der Waals surface area contributed by atoms with Gasteiger partial charge in [-0.15, -0.1) is 0 Å². The van der Waals surface area contributed by atoms with E-state index in [1.54, 1.807) is 20.8 Å². The molecule has 0 aliphatic heterocycles. The van der Waals surface area contributed by atoms with E-state index in [2.05, 4.69) is 15.5 Å². The Bertz CT molecular complexity index is 670. The lowest BCUT2D eigenvalue weighted by Gasteiger charge is -2.13. The second kappa shape index (κ2) is 6.44. The molecule has 1 atom stereocenters. The number of halogens is 3. The molecule has 0 bridgehead atoms. The van der Waals surface area contributed by atoms with Crippen LogP contribution in [-0.2, 0) is 17.4 Å². The van der Waals surface area contributed by atoms with Crippen molar-refractivity contribution in [3.63, 3.8) is 0 Å². The van der Waals surface area contributed by atoms with Crippen LogP contribution in [0.1, 0.15) is 29.4 Å².